The van der Waals surface area contributed by atoms with E-state index in [0.717, 1.165) is 22.6 Å². The third-order valence-corrected chi connectivity index (χ3v) is 2.70. The quantitative estimate of drug-likeness (QED) is 0.435. The molecule has 0 saturated carbocycles. The van der Waals surface area contributed by atoms with Gasteiger partial charge in [0.25, 0.3) is 0 Å². The Hall–Kier alpha value is -0.780. The van der Waals surface area contributed by atoms with Crippen LogP contribution in [0.25, 0.3) is 0 Å². The Morgan fingerprint density at radius 1 is 1.77 bits per heavy atom. The number of hydrogen-bond donors (Lipinski definition) is 2. The normalized spacial score (nSPS) is 12.8. The average molecular weight is 198 g/mol. The van der Waals surface area contributed by atoms with E-state index in [2.05, 4.69) is 21.6 Å². The molecule has 1 rings (SSSR count). The van der Waals surface area contributed by atoms with Crippen LogP contribution in [-0.2, 0) is 0 Å². The molecule has 4 nitrogen and oxygen atoms in total. The number of rotatable bonds is 4. The average Bonchev–Trinajstić information content (AvgIpc) is 2.47. The van der Waals surface area contributed by atoms with Crippen molar-refractivity contribution >= 4 is 11.5 Å². The Kier molecular flexibility index (Phi) is 3.53. The molecular formula is C8H14N4S. The van der Waals surface area contributed by atoms with Gasteiger partial charge in [-0.3, -0.25) is 11.3 Å². The lowest BCUT2D eigenvalue weighted by atomic mass is 10.1. The number of hydrogen-bond acceptors (Lipinski definition) is 5. The second-order valence-corrected chi connectivity index (χ2v) is 3.89. The Labute approximate surface area is 82.0 Å². The van der Waals surface area contributed by atoms with Crippen molar-refractivity contribution in [3.63, 3.8) is 0 Å². The Balaban J connectivity index is 2.78. The van der Waals surface area contributed by atoms with E-state index in [1.165, 1.54) is 11.5 Å². The van der Waals surface area contributed by atoms with Gasteiger partial charge in [-0.1, -0.05) is 10.1 Å². The van der Waals surface area contributed by atoms with Gasteiger partial charge in [-0.25, -0.2) is 0 Å². The summed E-state index contributed by atoms with van der Waals surface area (Å²) in [7, 11) is 0. The molecule has 0 saturated heterocycles. The third kappa shape index (κ3) is 2.58. The van der Waals surface area contributed by atoms with Crippen molar-refractivity contribution < 1.29 is 0 Å². The highest BCUT2D eigenvalue weighted by Gasteiger charge is 2.15. The van der Waals surface area contributed by atoms with E-state index in [1.54, 1.807) is 0 Å². The molecule has 5 heteroatoms. The molecule has 72 valence electrons. The molecule has 0 aliphatic carbocycles. The summed E-state index contributed by atoms with van der Waals surface area (Å²) < 4.78 is 3.86. The van der Waals surface area contributed by atoms with E-state index in [-0.39, 0.29) is 6.04 Å². The van der Waals surface area contributed by atoms with Crippen molar-refractivity contribution in [2.45, 2.75) is 26.3 Å². The molecule has 1 atom stereocenters. The van der Waals surface area contributed by atoms with Gasteiger partial charge in [0.05, 0.1) is 16.6 Å². The van der Waals surface area contributed by atoms with Crippen LogP contribution in [0.15, 0.2) is 12.2 Å². The van der Waals surface area contributed by atoms with E-state index >= 15 is 0 Å². The Morgan fingerprint density at radius 3 is 2.85 bits per heavy atom. The first-order valence-electron chi connectivity index (χ1n) is 4.04. The number of nitrogens with zero attached hydrogens (tertiary/aromatic N) is 2. The van der Waals surface area contributed by atoms with Crippen LogP contribution in [-0.4, -0.2) is 9.59 Å². The van der Waals surface area contributed by atoms with Crippen LogP contribution in [0.1, 0.15) is 30.0 Å². The summed E-state index contributed by atoms with van der Waals surface area (Å²) in [5, 5.41) is 3.94. The molecule has 0 amide bonds. The predicted octanol–water partition coefficient (Wildman–Crippen LogP) is 1.32. The number of aryl methyl sites for hydroxylation is 1. The van der Waals surface area contributed by atoms with E-state index in [4.69, 9.17) is 5.84 Å². The number of nitrogens with one attached hydrogen (secondary N) is 1. The smallest absolute Gasteiger partial charge is 0.0773 e. The molecule has 3 N–H and O–H groups in total. The van der Waals surface area contributed by atoms with Gasteiger partial charge in [-0.05, 0) is 31.8 Å². The highest BCUT2D eigenvalue weighted by molar-refractivity contribution is 7.05. The van der Waals surface area contributed by atoms with Crippen molar-refractivity contribution in [1.82, 2.24) is 15.0 Å². The fourth-order valence-electron chi connectivity index (χ4n) is 1.13. The minimum absolute atomic E-state index is 0.0949. The minimum atomic E-state index is 0.0949. The summed E-state index contributed by atoms with van der Waals surface area (Å²) in [5.74, 6) is 5.44. The Morgan fingerprint density at radius 2 is 2.46 bits per heavy atom. The summed E-state index contributed by atoms with van der Waals surface area (Å²) in [6.07, 6.45) is 0.821. The van der Waals surface area contributed by atoms with Crippen LogP contribution >= 0.6 is 11.5 Å². The molecule has 1 aromatic heterocycles. The molecule has 0 aliphatic heterocycles. The second kappa shape index (κ2) is 4.45. The van der Waals surface area contributed by atoms with Crippen LogP contribution in [0.3, 0.4) is 0 Å². The van der Waals surface area contributed by atoms with Gasteiger partial charge in [0.1, 0.15) is 0 Å². The summed E-state index contributed by atoms with van der Waals surface area (Å²) >= 11 is 1.38. The predicted molar refractivity (Wildman–Crippen MR) is 54.1 cm³/mol. The van der Waals surface area contributed by atoms with Crippen molar-refractivity contribution in [3.8, 4) is 0 Å². The first-order chi connectivity index (χ1) is 6.15. The van der Waals surface area contributed by atoms with E-state index in [9.17, 15) is 0 Å². The van der Waals surface area contributed by atoms with Gasteiger partial charge in [-0.15, -0.1) is 11.7 Å². The van der Waals surface area contributed by atoms with E-state index in [0.29, 0.717) is 0 Å². The zero-order valence-corrected chi connectivity index (χ0v) is 8.69. The van der Waals surface area contributed by atoms with Gasteiger partial charge >= 0.3 is 0 Å². The monoisotopic (exact) mass is 198 g/mol. The molecule has 0 fully saturated rings. The summed E-state index contributed by atoms with van der Waals surface area (Å²) in [6, 6.07) is 0.0949. The lowest BCUT2D eigenvalue weighted by Gasteiger charge is -2.13. The number of hydrazine groups is 1. The standard InChI is InChI=1S/C8H14N4S/c1-5(2)4-7(10-9)8-6(3)11-12-13-8/h7,10H,1,4,9H2,2-3H3. The van der Waals surface area contributed by atoms with Crippen molar-refractivity contribution in [2.75, 3.05) is 0 Å². The van der Waals surface area contributed by atoms with Crippen molar-refractivity contribution in [3.05, 3.63) is 22.7 Å². The molecule has 13 heavy (non-hydrogen) atoms. The van der Waals surface area contributed by atoms with E-state index in [1.807, 2.05) is 13.8 Å². The maximum Gasteiger partial charge on any atom is 0.0773 e. The van der Waals surface area contributed by atoms with Crippen LogP contribution in [0.2, 0.25) is 0 Å². The third-order valence-electron chi connectivity index (χ3n) is 1.76. The fourth-order valence-corrected chi connectivity index (χ4v) is 1.84. The number of nitrogens with two attached hydrogens (primary N) is 1. The molecule has 1 unspecified atom stereocenters. The summed E-state index contributed by atoms with van der Waals surface area (Å²) in [5.41, 5.74) is 4.78. The van der Waals surface area contributed by atoms with Crippen LogP contribution in [0.4, 0.5) is 0 Å². The molecule has 0 spiro atoms. The SMILES string of the molecule is C=C(C)CC(NN)c1snnc1C. The summed E-state index contributed by atoms with van der Waals surface area (Å²) in [4.78, 5) is 1.09. The van der Waals surface area contributed by atoms with Crippen molar-refractivity contribution in [1.29, 1.82) is 0 Å². The summed E-state index contributed by atoms with van der Waals surface area (Å²) in [6.45, 7) is 7.76. The molecule has 1 aromatic rings. The maximum atomic E-state index is 5.44. The van der Waals surface area contributed by atoms with Gasteiger partial charge in [0.2, 0.25) is 0 Å². The Bertz CT molecular complexity index is 294. The molecule has 0 aromatic carbocycles. The topological polar surface area (TPSA) is 63.8 Å². The van der Waals surface area contributed by atoms with Gasteiger partial charge in [-0.2, -0.15) is 0 Å². The largest absolute Gasteiger partial charge is 0.271 e. The fraction of sp³-hybridized carbons (Fsp3) is 0.500. The maximum absolute atomic E-state index is 5.44. The molecule has 0 aliphatic rings. The second-order valence-electron chi connectivity index (χ2n) is 3.10. The number of aromatic nitrogens is 2. The van der Waals surface area contributed by atoms with Crippen molar-refractivity contribution in [2.24, 2.45) is 5.84 Å². The molecule has 1 heterocycles. The van der Waals surface area contributed by atoms with Gasteiger partial charge in [0.15, 0.2) is 0 Å². The van der Waals surface area contributed by atoms with Gasteiger partial charge in [0, 0.05) is 0 Å². The van der Waals surface area contributed by atoms with Crippen LogP contribution in [0, 0.1) is 6.92 Å². The zero-order chi connectivity index (χ0) is 9.84. The van der Waals surface area contributed by atoms with Crippen LogP contribution < -0.4 is 11.3 Å². The highest BCUT2D eigenvalue weighted by atomic mass is 32.1. The first-order valence-corrected chi connectivity index (χ1v) is 4.82. The molecular weight excluding hydrogens is 184 g/mol. The first kappa shape index (κ1) is 10.3. The zero-order valence-electron chi connectivity index (χ0n) is 7.87. The van der Waals surface area contributed by atoms with Gasteiger partial charge < -0.3 is 0 Å². The lowest BCUT2D eigenvalue weighted by Crippen LogP contribution is -2.28. The highest BCUT2D eigenvalue weighted by Crippen LogP contribution is 2.24. The molecule has 0 radical (unpaired) electrons. The minimum Gasteiger partial charge on any atom is -0.271 e. The van der Waals surface area contributed by atoms with Crippen LogP contribution in [0.5, 0.6) is 0 Å². The molecule has 0 bridgehead atoms. The van der Waals surface area contributed by atoms with E-state index < -0.39 is 0 Å². The lowest BCUT2D eigenvalue weighted by molar-refractivity contribution is 0.555.